The molecular weight excluding hydrogens is 261 g/mol. The topological polar surface area (TPSA) is 71.8 Å². The average Bonchev–Trinajstić information content (AvgIpc) is 2.82. The summed E-state index contributed by atoms with van der Waals surface area (Å²) in [4.78, 5) is 15.9. The Balaban J connectivity index is 1.59. The van der Waals surface area contributed by atoms with Crippen molar-refractivity contribution in [2.24, 2.45) is 5.92 Å². The van der Waals surface area contributed by atoms with Crippen LogP contribution in [0.2, 0.25) is 0 Å². The number of pyridine rings is 1. The highest BCUT2D eigenvalue weighted by Gasteiger charge is 2.24. The van der Waals surface area contributed by atoms with E-state index in [0.717, 1.165) is 24.8 Å². The fourth-order valence-electron chi connectivity index (χ4n) is 1.89. The number of carbonyl (C=O) groups excluding carboxylic acids is 1. The van der Waals surface area contributed by atoms with E-state index in [1.807, 2.05) is 6.07 Å². The number of aromatic nitrogens is 3. The van der Waals surface area contributed by atoms with Crippen molar-refractivity contribution in [2.75, 3.05) is 13.1 Å². The quantitative estimate of drug-likeness (QED) is 0.838. The SMILES string of the molecule is O=C(NCc1ccc(-n2cc(F)cn2)nc1)C1CNC1. The number of carbonyl (C=O) groups is 1. The van der Waals surface area contributed by atoms with Crippen LogP contribution in [-0.2, 0) is 11.3 Å². The number of hydrogen-bond acceptors (Lipinski definition) is 4. The molecule has 1 aliphatic rings. The molecule has 3 rings (SSSR count). The summed E-state index contributed by atoms with van der Waals surface area (Å²) < 4.78 is 14.2. The predicted octanol–water partition coefficient (Wildman–Crippen LogP) is 0.242. The van der Waals surface area contributed by atoms with Crippen molar-refractivity contribution in [2.45, 2.75) is 6.54 Å². The zero-order valence-electron chi connectivity index (χ0n) is 10.7. The third kappa shape index (κ3) is 2.67. The van der Waals surface area contributed by atoms with Crippen LogP contribution in [0.5, 0.6) is 0 Å². The van der Waals surface area contributed by atoms with Crippen molar-refractivity contribution in [3.8, 4) is 5.82 Å². The van der Waals surface area contributed by atoms with Crippen LogP contribution in [0.4, 0.5) is 4.39 Å². The van der Waals surface area contributed by atoms with Crippen LogP contribution in [0.1, 0.15) is 5.56 Å². The Morgan fingerprint density at radius 2 is 2.30 bits per heavy atom. The highest BCUT2D eigenvalue weighted by molar-refractivity contribution is 5.79. The smallest absolute Gasteiger partial charge is 0.225 e. The second-order valence-corrected chi connectivity index (χ2v) is 4.70. The molecule has 1 amide bonds. The van der Waals surface area contributed by atoms with Gasteiger partial charge in [-0.2, -0.15) is 5.10 Å². The van der Waals surface area contributed by atoms with E-state index < -0.39 is 5.82 Å². The summed E-state index contributed by atoms with van der Waals surface area (Å²) in [5.74, 6) is 0.265. The van der Waals surface area contributed by atoms with Gasteiger partial charge in [-0.1, -0.05) is 6.07 Å². The molecule has 0 spiro atoms. The molecule has 1 fully saturated rings. The molecule has 1 saturated heterocycles. The number of nitrogens with one attached hydrogen (secondary N) is 2. The minimum absolute atomic E-state index is 0.0574. The Morgan fingerprint density at radius 3 is 2.85 bits per heavy atom. The van der Waals surface area contributed by atoms with Crippen molar-refractivity contribution in [1.82, 2.24) is 25.4 Å². The molecule has 2 N–H and O–H groups in total. The lowest BCUT2D eigenvalue weighted by Gasteiger charge is -2.25. The van der Waals surface area contributed by atoms with Crippen LogP contribution in [0.25, 0.3) is 5.82 Å². The maximum atomic E-state index is 12.9. The monoisotopic (exact) mass is 275 g/mol. The first kappa shape index (κ1) is 12.7. The minimum Gasteiger partial charge on any atom is -0.352 e. The zero-order chi connectivity index (χ0) is 13.9. The molecule has 0 radical (unpaired) electrons. The summed E-state index contributed by atoms with van der Waals surface area (Å²) in [5.41, 5.74) is 0.891. The molecule has 20 heavy (non-hydrogen) atoms. The molecule has 104 valence electrons. The number of rotatable bonds is 4. The molecule has 0 unspecified atom stereocenters. The van der Waals surface area contributed by atoms with Crippen LogP contribution in [-0.4, -0.2) is 33.8 Å². The summed E-state index contributed by atoms with van der Waals surface area (Å²) in [5, 5.41) is 9.75. The van der Waals surface area contributed by atoms with Crippen molar-refractivity contribution < 1.29 is 9.18 Å². The summed E-state index contributed by atoms with van der Waals surface area (Å²) in [7, 11) is 0. The van der Waals surface area contributed by atoms with Crippen LogP contribution < -0.4 is 10.6 Å². The van der Waals surface area contributed by atoms with Gasteiger partial charge in [0.15, 0.2) is 11.6 Å². The first-order valence-electron chi connectivity index (χ1n) is 6.36. The number of hydrogen-bond donors (Lipinski definition) is 2. The number of nitrogens with zero attached hydrogens (tertiary/aromatic N) is 3. The van der Waals surface area contributed by atoms with Crippen molar-refractivity contribution in [3.63, 3.8) is 0 Å². The Kier molecular flexibility index (Phi) is 3.42. The van der Waals surface area contributed by atoms with E-state index in [0.29, 0.717) is 12.4 Å². The molecule has 0 aliphatic carbocycles. The first-order valence-corrected chi connectivity index (χ1v) is 6.36. The first-order chi connectivity index (χ1) is 9.72. The molecule has 2 aromatic rings. The molecule has 0 saturated carbocycles. The van der Waals surface area contributed by atoms with E-state index in [-0.39, 0.29) is 11.8 Å². The van der Waals surface area contributed by atoms with Gasteiger partial charge in [0, 0.05) is 25.8 Å². The van der Waals surface area contributed by atoms with E-state index in [9.17, 15) is 9.18 Å². The fourth-order valence-corrected chi connectivity index (χ4v) is 1.89. The van der Waals surface area contributed by atoms with Gasteiger partial charge in [-0.05, 0) is 11.6 Å². The van der Waals surface area contributed by atoms with Crippen molar-refractivity contribution >= 4 is 5.91 Å². The normalized spacial score (nSPS) is 14.8. The van der Waals surface area contributed by atoms with E-state index in [1.54, 1.807) is 12.3 Å². The Bertz CT molecular complexity index is 605. The highest BCUT2D eigenvalue weighted by Crippen LogP contribution is 2.07. The largest absolute Gasteiger partial charge is 0.352 e. The van der Waals surface area contributed by atoms with E-state index in [2.05, 4.69) is 20.7 Å². The average molecular weight is 275 g/mol. The molecule has 6 nitrogen and oxygen atoms in total. The molecular formula is C13H14FN5O. The van der Waals surface area contributed by atoms with Crippen LogP contribution in [0.3, 0.4) is 0 Å². The van der Waals surface area contributed by atoms with Gasteiger partial charge < -0.3 is 10.6 Å². The van der Waals surface area contributed by atoms with Gasteiger partial charge in [-0.15, -0.1) is 0 Å². The molecule has 1 aliphatic heterocycles. The van der Waals surface area contributed by atoms with Gasteiger partial charge in [-0.3, -0.25) is 4.79 Å². The van der Waals surface area contributed by atoms with Crippen LogP contribution in [0, 0.1) is 11.7 Å². The second-order valence-electron chi connectivity index (χ2n) is 4.70. The lowest BCUT2D eigenvalue weighted by molar-refractivity contribution is -0.126. The van der Waals surface area contributed by atoms with Gasteiger partial charge in [0.25, 0.3) is 0 Å². The standard InChI is InChI=1S/C13H14FN5O/c14-11-7-18-19(8-11)12-2-1-9(3-16-12)4-17-13(20)10-5-15-6-10/h1-3,7-8,10,15H,4-6H2,(H,17,20). The van der Waals surface area contributed by atoms with E-state index in [1.165, 1.54) is 10.9 Å². The Morgan fingerprint density at radius 1 is 1.45 bits per heavy atom. The van der Waals surface area contributed by atoms with Crippen molar-refractivity contribution in [1.29, 1.82) is 0 Å². The number of halogens is 1. The fraction of sp³-hybridized carbons (Fsp3) is 0.308. The maximum absolute atomic E-state index is 12.9. The van der Waals surface area contributed by atoms with E-state index in [4.69, 9.17) is 0 Å². The summed E-state index contributed by atoms with van der Waals surface area (Å²) in [6, 6.07) is 3.57. The zero-order valence-corrected chi connectivity index (χ0v) is 10.7. The number of amides is 1. The summed E-state index contributed by atoms with van der Waals surface area (Å²) >= 11 is 0. The van der Waals surface area contributed by atoms with Gasteiger partial charge in [0.2, 0.25) is 5.91 Å². The van der Waals surface area contributed by atoms with Gasteiger partial charge in [0.1, 0.15) is 0 Å². The van der Waals surface area contributed by atoms with Crippen molar-refractivity contribution in [3.05, 3.63) is 42.1 Å². The Hall–Kier alpha value is -2.28. The maximum Gasteiger partial charge on any atom is 0.225 e. The third-order valence-electron chi connectivity index (χ3n) is 3.21. The molecule has 2 aromatic heterocycles. The Labute approximate surface area is 115 Å². The molecule has 3 heterocycles. The predicted molar refractivity (Wildman–Crippen MR) is 69.5 cm³/mol. The van der Waals surface area contributed by atoms with Crippen LogP contribution >= 0.6 is 0 Å². The van der Waals surface area contributed by atoms with Crippen LogP contribution in [0.15, 0.2) is 30.7 Å². The van der Waals surface area contributed by atoms with Gasteiger partial charge in [-0.25, -0.2) is 14.1 Å². The van der Waals surface area contributed by atoms with E-state index >= 15 is 0 Å². The molecule has 0 aromatic carbocycles. The summed E-state index contributed by atoms with van der Waals surface area (Å²) in [6.07, 6.45) is 4.03. The van der Waals surface area contributed by atoms with Gasteiger partial charge >= 0.3 is 0 Å². The lowest BCUT2D eigenvalue weighted by atomic mass is 10.0. The molecule has 0 bridgehead atoms. The minimum atomic E-state index is -0.405. The summed E-state index contributed by atoms with van der Waals surface area (Å²) in [6.45, 7) is 1.93. The molecule has 7 heteroatoms. The van der Waals surface area contributed by atoms with Gasteiger partial charge in [0.05, 0.1) is 18.3 Å². The second kappa shape index (κ2) is 5.38. The molecule has 0 atom stereocenters. The lowest BCUT2D eigenvalue weighted by Crippen LogP contribution is -2.50. The third-order valence-corrected chi connectivity index (χ3v) is 3.21. The highest BCUT2D eigenvalue weighted by atomic mass is 19.1.